The van der Waals surface area contributed by atoms with Crippen LogP contribution < -0.4 is 5.32 Å². The van der Waals surface area contributed by atoms with Crippen molar-refractivity contribution in [2.24, 2.45) is 0 Å². The lowest BCUT2D eigenvalue weighted by Crippen LogP contribution is -2.20. The number of nitrogens with zero attached hydrogens (tertiary/aromatic N) is 1. The van der Waals surface area contributed by atoms with E-state index in [-0.39, 0.29) is 0 Å². The second-order valence-electron chi connectivity index (χ2n) is 5.49. The molecule has 3 nitrogen and oxygen atoms in total. The number of hydrogen-bond donors (Lipinski definition) is 1. The third-order valence-corrected chi connectivity index (χ3v) is 3.81. The first-order valence-corrected chi connectivity index (χ1v) is 7.29. The Morgan fingerprint density at radius 1 is 1.15 bits per heavy atom. The highest BCUT2D eigenvalue weighted by atomic mass is 16.5. The first-order valence-electron chi connectivity index (χ1n) is 7.29. The van der Waals surface area contributed by atoms with Crippen molar-refractivity contribution in [2.75, 3.05) is 6.54 Å². The maximum Gasteiger partial charge on any atom is 0.137 e. The van der Waals surface area contributed by atoms with Crippen molar-refractivity contribution in [2.45, 2.75) is 46.6 Å². The van der Waals surface area contributed by atoms with Crippen LogP contribution >= 0.6 is 0 Å². The van der Waals surface area contributed by atoms with Gasteiger partial charge in [0.25, 0.3) is 0 Å². The number of hydrogen-bond acceptors (Lipinski definition) is 3. The molecule has 0 radical (unpaired) electrons. The van der Waals surface area contributed by atoms with Crippen molar-refractivity contribution in [3.63, 3.8) is 0 Å². The van der Waals surface area contributed by atoms with Crippen LogP contribution in [0.4, 0.5) is 0 Å². The van der Waals surface area contributed by atoms with Crippen LogP contribution in [0.1, 0.15) is 47.5 Å². The van der Waals surface area contributed by atoms with Gasteiger partial charge in [0.1, 0.15) is 5.76 Å². The molecule has 3 heteroatoms. The van der Waals surface area contributed by atoms with Crippen LogP contribution in [0.15, 0.2) is 28.8 Å². The van der Waals surface area contributed by atoms with E-state index >= 15 is 0 Å². The maximum atomic E-state index is 5.18. The van der Waals surface area contributed by atoms with Gasteiger partial charge in [0.05, 0.1) is 5.69 Å². The summed E-state index contributed by atoms with van der Waals surface area (Å²) in [4.78, 5) is 0. The number of nitrogens with one attached hydrogen (secondary N) is 1. The van der Waals surface area contributed by atoms with Gasteiger partial charge in [-0.3, -0.25) is 0 Å². The molecule has 1 unspecified atom stereocenters. The second kappa shape index (κ2) is 6.71. The van der Waals surface area contributed by atoms with E-state index in [0.29, 0.717) is 6.04 Å². The zero-order valence-electron chi connectivity index (χ0n) is 12.9. The van der Waals surface area contributed by atoms with Gasteiger partial charge in [-0.25, -0.2) is 0 Å². The minimum Gasteiger partial charge on any atom is -0.361 e. The summed E-state index contributed by atoms with van der Waals surface area (Å²) in [5.74, 6) is 0.953. The molecule has 0 fully saturated rings. The number of aromatic nitrogens is 1. The van der Waals surface area contributed by atoms with E-state index in [1.165, 1.54) is 16.7 Å². The summed E-state index contributed by atoms with van der Waals surface area (Å²) in [6.45, 7) is 9.32. The van der Waals surface area contributed by atoms with E-state index in [0.717, 1.165) is 30.8 Å². The van der Waals surface area contributed by atoms with Gasteiger partial charge in [-0.05, 0) is 52.6 Å². The summed E-state index contributed by atoms with van der Waals surface area (Å²) in [6.07, 6.45) is 2.12. The van der Waals surface area contributed by atoms with E-state index in [1.54, 1.807) is 0 Å². The Balaban J connectivity index is 1.77. The molecular weight excluding hydrogens is 248 g/mol. The van der Waals surface area contributed by atoms with Crippen molar-refractivity contribution in [3.8, 4) is 0 Å². The van der Waals surface area contributed by atoms with Crippen LogP contribution in [0.5, 0.6) is 0 Å². The molecule has 108 valence electrons. The fourth-order valence-electron chi connectivity index (χ4n) is 2.42. The Kier molecular flexibility index (Phi) is 4.96. The average Bonchev–Trinajstić information content (AvgIpc) is 2.75. The van der Waals surface area contributed by atoms with E-state index < -0.39 is 0 Å². The first-order chi connectivity index (χ1) is 9.58. The highest BCUT2D eigenvalue weighted by Crippen LogP contribution is 2.15. The van der Waals surface area contributed by atoms with Gasteiger partial charge in [0, 0.05) is 11.6 Å². The van der Waals surface area contributed by atoms with Gasteiger partial charge >= 0.3 is 0 Å². The predicted octanol–water partition coefficient (Wildman–Crippen LogP) is 3.88. The molecule has 1 atom stereocenters. The normalized spacial score (nSPS) is 12.6. The molecule has 1 N–H and O–H groups in total. The highest BCUT2D eigenvalue weighted by Gasteiger charge is 2.09. The Bertz CT molecular complexity index is 523. The summed E-state index contributed by atoms with van der Waals surface area (Å²) in [7, 11) is 0. The molecule has 0 aliphatic carbocycles. The van der Waals surface area contributed by atoms with Crippen molar-refractivity contribution in [3.05, 3.63) is 52.4 Å². The molecule has 0 aliphatic rings. The molecule has 2 rings (SSSR count). The molecule has 0 amide bonds. The smallest absolute Gasteiger partial charge is 0.137 e. The van der Waals surface area contributed by atoms with Gasteiger partial charge in [-0.15, -0.1) is 0 Å². The Morgan fingerprint density at radius 3 is 2.45 bits per heavy atom. The first kappa shape index (κ1) is 14.8. The molecule has 1 aromatic heterocycles. The van der Waals surface area contributed by atoms with E-state index in [2.05, 4.69) is 48.6 Å². The number of rotatable bonds is 6. The Hall–Kier alpha value is -1.61. The lowest BCUT2D eigenvalue weighted by molar-refractivity contribution is 0.392. The van der Waals surface area contributed by atoms with Crippen LogP contribution in [0, 0.1) is 20.8 Å². The highest BCUT2D eigenvalue weighted by molar-refractivity contribution is 5.23. The van der Waals surface area contributed by atoms with Crippen LogP contribution in [0.3, 0.4) is 0 Å². The molecule has 0 aliphatic heterocycles. The molecule has 1 heterocycles. The minimum absolute atomic E-state index is 0.389. The minimum atomic E-state index is 0.389. The number of aryl methyl sites for hydroxylation is 3. The van der Waals surface area contributed by atoms with Crippen molar-refractivity contribution >= 4 is 0 Å². The Labute approximate surface area is 121 Å². The van der Waals surface area contributed by atoms with Crippen LogP contribution in [-0.4, -0.2) is 11.7 Å². The molecule has 0 saturated carbocycles. The fourth-order valence-corrected chi connectivity index (χ4v) is 2.42. The van der Waals surface area contributed by atoms with E-state index in [1.807, 2.05) is 13.8 Å². The third kappa shape index (κ3) is 3.70. The Morgan fingerprint density at radius 2 is 1.85 bits per heavy atom. The largest absolute Gasteiger partial charge is 0.361 e. The molecule has 1 aromatic carbocycles. The molecule has 0 spiro atoms. The standard InChI is InChI=1S/C17H24N2O/c1-12-7-9-16(10-8-12)13(2)18-11-5-6-17-14(3)19-20-15(17)4/h7-10,13,18H,5-6,11H2,1-4H3. The topological polar surface area (TPSA) is 38.1 Å². The van der Waals surface area contributed by atoms with Gasteiger partial charge in [0.2, 0.25) is 0 Å². The summed E-state index contributed by atoms with van der Waals surface area (Å²) >= 11 is 0. The van der Waals surface area contributed by atoms with Crippen LogP contribution in [0.2, 0.25) is 0 Å². The van der Waals surface area contributed by atoms with E-state index in [9.17, 15) is 0 Å². The zero-order chi connectivity index (χ0) is 14.5. The molecule has 20 heavy (non-hydrogen) atoms. The molecule has 2 aromatic rings. The van der Waals surface area contributed by atoms with Gasteiger partial charge in [-0.2, -0.15) is 0 Å². The average molecular weight is 272 g/mol. The van der Waals surface area contributed by atoms with Crippen molar-refractivity contribution < 1.29 is 4.52 Å². The number of benzene rings is 1. The summed E-state index contributed by atoms with van der Waals surface area (Å²) in [6, 6.07) is 9.11. The van der Waals surface area contributed by atoms with Crippen molar-refractivity contribution in [1.82, 2.24) is 10.5 Å². The lowest BCUT2D eigenvalue weighted by atomic mass is 10.1. The van der Waals surface area contributed by atoms with Crippen molar-refractivity contribution in [1.29, 1.82) is 0 Å². The van der Waals surface area contributed by atoms with Crippen LogP contribution in [0.25, 0.3) is 0 Å². The van der Waals surface area contributed by atoms with E-state index in [4.69, 9.17) is 4.52 Å². The second-order valence-corrected chi connectivity index (χ2v) is 5.49. The molecule has 0 bridgehead atoms. The predicted molar refractivity (Wildman–Crippen MR) is 81.9 cm³/mol. The van der Waals surface area contributed by atoms with Crippen LogP contribution in [-0.2, 0) is 6.42 Å². The quantitative estimate of drug-likeness (QED) is 0.811. The monoisotopic (exact) mass is 272 g/mol. The maximum absolute atomic E-state index is 5.18. The van der Waals surface area contributed by atoms with Gasteiger partial charge < -0.3 is 9.84 Å². The molecule has 0 saturated heterocycles. The zero-order valence-corrected chi connectivity index (χ0v) is 12.9. The summed E-state index contributed by atoms with van der Waals surface area (Å²) < 4.78 is 5.18. The van der Waals surface area contributed by atoms with Gasteiger partial charge in [-0.1, -0.05) is 35.0 Å². The van der Waals surface area contributed by atoms with Gasteiger partial charge in [0.15, 0.2) is 0 Å². The summed E-state index contributed by atoms with van der Waals surface area (Å²) in [5, 5.41) is 7.56. The molecular formula is C17H24N2O. The summed E-state index contributed by atoms with van der Waals surface area (Å²) in [5.41, 5.74) is 4.93. The SMILES string of the molecule is Cc1ccc(C(C)NCCCc2c(C)noc2C)cc1. The third-order valence-electron chi connectivity index (χ3n) is 3.81. The fraction of sp³-hybridized carbons (Fsp3) is 0.471. The lowest BCUT2D eigenvalue weighted by Gasteiger charge is -2.14.